The highest BCUT2D eigenvalue weighted by Crippen LogP contribution is 2.30. The van der Waals surface area contributed by atoms with Crippen molar-refractivity contribution in [1.29, 1.82) is 0 Å². The molecule has 0 N–H and O–H groups in total. The molecule has 1 atom stereocenters. The molecule has 1 nitrogen and oxygen atoms in total. The van der Waals surface area contributed by atoms with Crippen molar-refractivity contribution >= 4 is 20.9 Å². The van der Waals surface area contributed by atoms with E-state index in [1.165, 1.54) is 0 Å². The second-order valence-corrected chi connectivity index (χ2v) is 9.14. The number of thiol groups is 1. The smallest absolute Gasteiger partial charge is 0.388 e. The largest absolute Gasteiger partial charge is 0.415 e. The lowest BCUT2D eigenvalue weighted by atomic mass is 10.5. The molecule has 0 saturated heterocycles. The molecule has 0 aliphatic carbocycles. The molecule has 0 aliphatic rings. The highest BCUT2D eigenvalue weighted by atomic mass is 32.1. The first kappa shape index (κ1) is 16.3. The minimum absolute atomic E-state index is 0.00446. The topological polar surface area (TPSA) is 9.23 Å². The maximum Gasteiger partial charge on any atom is 0.388 e. The van der Waals surface area contributed by atoms with Gasteiger partial charge in [-0.1, -0.05) is 0 Å². The van der Waals surface area contributed by atoms with Gasteiger partial charge < -0.3 is 4.43 Å². The lowest BCUT2D eigenvalue weighted by Crippen LogP contribution is -2.38. The Morgan fingerprint density at radius 3 is 2.19 bits per heavy atom. The van der Waals surface area contributed by atoms with Crippen molar-refractivity contribution in [3.63, 3.8) is 0 Å². The van der Waals surface area contributed by atoms with Crippen LogP contribution in [-0.4, -0.2) is 26.4 Å². The van der Waals surface area contributed by atoms with Gasteiger partial charge in [0.1, 0.15) is 0 Å². The van der Waals surface area contributed by atoms with E-state index in [0.29, 0.717) is 5.75 Å². The van der Waals surface area contributed by atoms with E-state index in [4.69, 9.17) is 4.43 Å². The molecule has 0 spiro atoms. The first-order valence-corrected chi connectivity index (χ1v) is 8.99. The van der Waals surface area contributed by atoms with Gasteiger partial charge in [-0.05, 0) is 44.7 Å². The fourth-order valence-corrected chi connectivity index (χ4v) is 5.49. The summed E-state index contributed by atoms with van der Waals surface area (Å²) in [5, 5.41) is 0. The molecule has 0 radical (unpaired) electrons. The Kier molecular flexibility index (Phi) is 7.05. The molecule has 0 aromatic heterocycles. The van der Waals surface area contributed by atoms with Crippen molar-refractivity contribution in [2.75, 3.05) is 5.75 Å². The van der Waals surface area contributed by atoms with E-state index in [2.05, 4.69) is 12.6 Å². The third-order valence-electron chi connectivity index (χ3n) is 2.32. The van der Waals surface area contributed by atoms with Crippen LogP contribution >= 0.6 is 12.6 Å². The predicted molar refractivity (Wildman–Crippen MR) is 66.6 cm³/mol. The first-order valence-electron chi connectivity index (χ1n) is 5.54. The van der Waals surface area contributed by atoms with Gasteiger partial charge >= 0.3 is 6.18 Å². The molecule has 0 fully saturated rings. The first-order chi connectivity index (χ1) is 7.18. The second-order valence-electron chi connectivity index (χ2n) is 4.56. The Bertz CT molecular complexity index is 199. The average molecular weight is 274 g/mol. The monoisotopic (exact) mass is 274 g/mol. The van der Waals surface area contributed by atoms with Gasteiger partial charge in [-0.25, -0.2) is 0 Å². The summed E-state index contributed by atoms with van der Waals surface area (Å²) in [6.07, 6.45) is -3.97. The lowest BCUT2D eigenvalue weighted by molar-refractivity contribution is -0.131. The van der Waals surface area contributed by atoms with Gasteiger partial charge in [0.05, 0.1) is 0 Å². The Labute approximate surface area is 102 Å². The SMILES string of the molecule is CC(C)O[Si](C)(CCCS)CCC(F)(F)F. The number of alkyl halides is 3. The molecule has 0 aliphatic heterocycles. The fourth-order valence-electron chi connectivity index (χ4n) is 1.67. The quantitative estimate of drug-likeness (QED) is 0.539. The molecule has 16 heavy (non-hydrogen) atoms. The average Bonchev–Trinajstić information content (AvgIpc) is 2.10. The minimum atomic E-state index is -4.07. The Balaban J connectivity index is 4.29. The van der Waals surface area contributed by atoms with Crippen molar-refractivity contribution in [3.8, 4) is 0 Å². The maximum absolute atomic E-state index is 12.2. The summed E-state index contributed by atoms with van der Waals surface area (Å²) in [7, 11) is -2.21. The maximum atomic E-state index is 12.2. The highest BCUT2D eigenvalue weighted by Gasteiger charge is 2.36. The summed E-state index contributed by atoms with van der Waals surface area (Å²) in [6.45, 7) is 5.64. The molecule has 0 aromatic carbocycles. The Morgan fingerprint density at radius 2 is 1.81 bits per heavy atom. The molecule has 0 heterocycles. The van der Waals surface area contributed by atoms with Crippen LogP contribution in [0.25, 0.3) is 0 Å². The van der Waals surface area contributed by atoms with Gasteiger partial charge in [0.2, 0.25) is 0 Å². The number of hydrogen-bond donors (Lipinski definition) is 1. The van der Waals surface area contributed by atoms with Gasteiger partial charge in [-0.3, -0.25) is 0 Å². The van der Waals surface area contributed by atoms with E-state index in [1.807, 2.05) is 20.4 Å². The Morgan fingerprint density at radius 1 is 1.25 bits per heavy atom. The lowest BCUT2D eigenvalue weighted by Gasteiger charge is -2.30. The standard InChI is InChI=1S/C10H21F3OSSi/c1-9(2)14-16(3,7-4-6-15)8-5-10(11,12)13/h9,15H,4-8H2,1-3H3. The number of rotatable bonds is 7. The molecular formula is C10H21F3OSSi. The van der Waals surface area contributed by atoms with Crippen molar-refractivity contribution in [2.45, 2.75) is 57.6 Å². The molecule has 0 aromatic rings. The van der Waals surface area contributed by atoms with Gasteiger partial charge in [0.15, 0.2) is 8.32 Å². The van der Waals surface area contributed by atoms with Gasteiger partial charge in [-0.2, -0.15) is 25.8 Å². The zero-order valence-electron chi connectivity index (χ0n) is 10.1. The molecule has 0 bridgehead atoms. The van der Waals surface area contributed by atoms with Crippen molar-refractivity contribution < 1.29 is 17.6 Å². The zero-order valence-corrected chi connectivity index (χ0v) is 12.0. The van der Waals surface area contributed by atoms with Crippen LogP contribution < -0.4 is 0 Å². The fraction of sp³-hybridized carbons (Fsp3) is 1.00. The van der Waals surface area contributed by atoms with Crippen molar-refractivity contribution in [1.82, 2.24) is 0 Å². The van der Waals surface area contributed by atoms with E-state index < -0.39 is 20.9 Å². The van der Waals surface area contributed by atoms with Crippen LogP contribution in [0.4, 0.5) is 13.2 Å². The van der Waals surface area contributed by atoms with E-state index in [9.17, 15) is 13.2 Å². The van der Waals surface area contributed by atoms with E-state index in [-0.39, 0.29) is 12.1 Å². The third kappa shape index (κ3) is 8.47. The molecule has 0 rings (SSSR count). The summed E-state index contributed by atoms with van der Waals surface area (Å²) in [4.78, 5) is 0. The van der Waals surface area contributed by atoms with Crippen LogP contribution in [0.15, 0.2) is 0 Å². The molecule has 98 valence electrons. The zero-order chi connectivity index (χ0) is 12.8. The normalized spacial score (nSPS) is 16.5. The van der Waals surface area contributed by atoms with Crippen LogP contribution in [0.2, 0.25) is 18.6 Å². The van der Waals surface area contributed by atoms with Crippen LogP contribution in [0, 0.1) is 0 Å². The van der Waals surface area contributed by atoms with Crippen LogP contribution in [0.5, 0.6) is 0 Å². The summed E-state index contributed by atoms with van der Waals surface area (Å²) in [5.41, 5.74) is 0. The van der Waals surface area contributed by atoms with Crippen LogP contribution in [-0.2, 0) is 4.43 Å². The Hall–Kier alpha value is 0.317. The van der Waals surface area contributed by atoms with E-state index in [0.717, 1.165) is 12.5 Å². The predicted octanol–water partition coefficient (Wildman–Crippen LogP) is 4.26. The summed E-state index contributed by atoms with van der Waals surface area (Å²) < 4.78 is 42.3. The second kappa shape index (κ2) is 6.91. The van der Waals surface area contributed by atoms with Gasteiger partial charge in [-0.15, -0.1) is 0 Å². The molecule has 0 saturated carbocycles. The van der Waals surface area contributed by atoms with E-state index in [1.54, 1.807) is 0 Å². The molecule has 0 amide bonds. The molecule has 6 heteroatoms. The van der Waals surface area contributed by atoms with Crippen molar-refractivity contribution in [2.24, 2.45) is 0 Å². The molecule has 1 unspecified atom stereocenters. The van der Waals surface area contributed by atoms with Gasteiger partial charge in [0.25, 0.3) is 0 Å². The van der Waals surface area contributed by atoms with E-state index >= 15 is 0 Å². The number of hydrogen-bond acceptors (Lipinski definition) is 2. The summed E-state index contributed by atoms with van der Waals surface area (Å²) in [5.74, 6) is 0.704. The third-order valence-corrected chi connectivity index (χ3v) is 6.40. The number of halogens is 3. The minimum Gasteiger partial charge on any atom is -0.415 e. The van der Waals surface area contributed by atoms with Crippen molar-refractivity contribution in [3.05, 3.63) is 0 Å². The van der Waals surface area contributed by atoms with Crippen LogP contribution in [0.1, 0.15) is 26.7 Å². The molecular weight excluding hydrogens is 253 g/mol. The van der Waals surface area contributed by atoms with Crippen LogP contribution in [0.3, 0.4) is 0 Å². The summed E-state index contributed by atoms with van der Waals surface area (Å²) >= 11 is 4.09. The van der Waals surface area contributed by atoms with Gasteiger partial charge in [0, 0.05) is 12.5 Å². The summed E-state index contributed by atoms with van der Waals surface area (Å²) in [6, 6.07) is 0.910. The highest BCUT2D eigenvalue weighted by molar-refractivity contribution is 7.80.